The average molecular weight is 487 g/mol. The Morgan fingerprint density at radius 2 is 2.03 bits per heavy atom. The highest BCUT2D eigenvalue weighted by Gasteiger charge is 2.29. The molecule has 1 atom stereocenters. The van der Waals surface area contributed by atoms with Crippen LogP contribution in [0.2, 0.25) is 0 Å². The molecule has 1 amide bonds. The van der Waals surface area contributed by atoms with Crippen LogP contribution in [0.3, 0.4) is 0 Å². The first-order valence-corrected chi connectivity index (χ1v) is 13.5. The minimum absolute atomic E-state index is 0.126. The number of fused-ring (bicyclic) bond motifs is 1. The predicted molar refractivity (Wildman–Crippen MR) is 132 cm³/mol. The summed E-state index contributed by atoms with van der Waals surface area (Å²) < 4.78 is 29.3. The maximum absolute atomic E-state index is 13.6. The van der Waals surface area contributed by atoms with Gasteiger partial charge in [-0.3, -0.25) is 9.69 Å². The number of thiazole rings is 1. The van der Waals surface area contributed by atoms with Gasteiger partial charge in [0.05, 0.1) is 26.7 Å². The highest BCUT2D eigenvalue weighted by atomic mass is 32.2. The van der Waals surface area contributed by atoms with E-state index in [2.05, 4.69) is 22.1 Å². The molecule has 0 saturated carbocycles. The van der Waals surface area contributed by atoms with Crippen LogP contribution in [0.5, 0.6) is 0 Å². The Hall–Kier alpha value is -2.33. The number of amides is 1. The van der Waals surface area contributed by atoms with Crippen LogP contribution in [0.1, 0.15) is 30.3 Å². The standard InChI is InChI=1S/C24H30N4O3S2/c1-3-27-13-7-10-20(27)15-25-24(29)17-28(16-19-8-5-4-6-9-19)33(30,31)21-11-12-22-23(14-21)32-18(2)26-22/h4-6,8-9,11-12,14,20H,3,7,10,13,15-17H2,1-2H3,(H,25,29). The van der Waals surface area contributed by atoms with Crippen molar-refractivity contribution < 1.29 is 13.2 Å². The Kier molecular flexibility index (Phi) is 7.43. The van der Waals surface area contributed by atoms with Gasteiger partial charge in [0.25, 0.3) is 0 Å². The van der Waals surface area contributed by atoms with Crippen molar-refractivity contribution in [3.8, 4) is 0 Å². The zero-order chi connectivity index (χ0) is 23.4. The van der Waals surface area contributed by atoms with E-state index in [0.29, 0.717) is 12.6 Å². The summed E-state index contributed by atoms with van der Waals surface area (Å²) in [5, 5.41) is 3.85. The minimum Gasteiger partial charge on any atom is -0.353 e. The Morgan fingerprint density at radius 3 is 2.79 bits per heavy atom. The highest BCUT2D eigenvalue weighted by molar-refractivity contribution is 7.89. The predicted octanol–water partition coefficient (Wildman–Crippen LogP) is 3.40. The zero-order valence-corrected chi connectivity index (χ0v) is 20.7. The zero-order valence-electron chi connectivity index (χ0n) is 19.0. The van der Waals surface area contributed by atoms with E-state index < -0.39 is 10.0 Å². The van der Waals surface area contributed by atoms with Crippen LogP contribution in [-0.4, -0.2) is 60.7 Å². The molecule has 1 fully saturated rings. The molecule has 7 nitrogen and oxygen atoms in total. The first-order chi connectivity index (χ1) is 15.9. The summed E-state index contributed by atoms with van der Waals surface area (Å²) in [6.45, 7) is 6.46. The number of nitrogens with zero attached hydrogens (tertiary/aromatic N) is 3. The molecule has 0 radical (unpaired) electrons. The molecule has 1 aliphatic rings. The van der Waals surface area contributed by atoms with E-state index in [0.717, 1.165) is 46.7 Å². The highest BCUT2D eigenvalue weighted by Crippen LogP contribution is 2.27. The normalized spacial score (nSPS) is 17.1. The molecule has 2 aromatic carbocycles. The molecule has 0 aliphatic carbocycles. The number of carbonyl (C=O) groups excluding carboxylic acids is 1. The van der Waals surface area contributed by atoms with Crippen LogP contribution in [-0.2, 0) is 21.4 Å². The van der Waals surface area contributed by atoms with Crippen LogP contribution in [0.4, 0.5) is 0 Å². The Balaban J connectivity index is 1.54. The molecule has 1 saturated heterocycles. The number of hydrogen-bond donors (Lipinski definition) is 1. The van der Waals surface area contributed by atoms with E-state index in [1.165, 1.54) is 15.6 Å². The van der Waals surface area contributed by atoms with Crippen LogP contribution in [0, 0.1) is 6.92 Å². The average Bonchev–Trinajstić information content (AvgIpc) is 3.42. The van der Waals surface area contributed by atoms with Crippen molar-refractivity contribution in [2.45, 2.75) is 44.2 Å². The lowest BCUT2D eigenvalue weighted by Crippen LogP contribution is -2.44. The molecule has 3 aromatic rings. The molecule has 2 heterocycles. The molecule has 1 aliphatic heterocycles. The van der Waals surface area contributed by atoms with Gasteiger partial charge in [0.2, 0.25) is 15.9 Å². The molecule has 176 valence electrons. The van der Waals surface area contributed by atoms with E-state index in [9.17, 15) is 13.2 Å². The minimum atomic E-state index is -3.89. The van der Waals surface area contributed by atoms with Gasteiger partial charge < -0.3 is 5.32 Å². The summed E-state index contributed by atoms with van der Waals surface area (Å²) in [4.78, 5) is 19.8. The number of carbonyl (C=O) groups is 1. The van der Waals surface area contributed by atoms with Gasteiger partial charge in [-0.25, -0.2) is 13.4 Å². The Bertz CT molecular complexity index is 1210. The molecule has 0 spiro atoms. The third-order valence-electron chi connectivity index (χ3n) is 6.07. The van der Waals surface area contributed by atoms with Crippen molar-refractivity contribution in [1.29, 1.82) is 0 Å². The van der Waals surface area contributed by atoms with E-state index in [1.54, 1.807) is 18.2 Å². The van der Waals surface area contributed by atoms with E-state index in [1.807, 2.05) is 37.3 Å². The number of aromatic nitrogens is 1. The fourth-order valence-corrected chi connectivity index (χ4v) is 6.69. The maximum Gasteiger partial charge on any atom is 0.243 e. The second-order valence-corrected chi connectivity index (χ2v) is 11.5. The second-order valence-electron chi connectivity index (χ2n) is 8.35. The van der Waals surface area contributed by atoms with Gasteiger partial charge in [0, 0.05) is 19.1 Å². The number of hydrogen-bond acceptors (Lipinski definition) is 6. The van der Waals surface area contributed by atoms with Crippen LogP contribution < -0.4 is 5.32 Å². The molecule has 4 rings (SSSR count). The largest absolute Gasteiger partial charge is 0.353 e. The molecular weight excluding hydrogens is 456 g/mol. The summed E-state index contributed by atoms with van der Waals surface area (Å²) in [7, 11) is -3.89. The SMILES string of the molecule is CCN1CCCC1CNC(=O)CN(Cc1ccccc1)S(=O)(=O)c1ccc2nc(C)sc2c1. The summed E-state index contributed by atoms with van der Waals surface area (Å²) in [5.41, 5.74) is 1.61. The van der Waals surface area contributed by atoms with Crippen LogP contribution in [0.15, 0.2) is 53.4 Å². The quantitative estimate of drug-likeness (QED) is 0.501. The van der Waals surface area contributed by atoms with Crippen molar-refractivity contribution >= 4 is 37.5 Å². The van der Waals surface area contributed by atoms with Crippen molar-refractivity contribution in [3.63, 3.8) is 0 Å². The lowest BCUT2D eigenvalue weighted by atomic mass is 10.2. The van der Waals surface area contributed by atoms with E-state index in [-0.39, 0.29) is 23.9 Å². The van der Waals surface area contributed by atoms with Gasteiger partial charge in [0.1, 0.15) is 0 Å². The lowest BCUT2D eigenvalue weighted by molar-refractivity contribution is -0.121. The number of aryl methyl sites for hydroxylation is 1. The summed E-state index contributed by atoms with van der Waals surface area (Å²) in [5.74, 6) is -0.285. The number of likely N-dealkylation sites (tertiary alicyclic amines) is 1. The maximum atomic E-state index is 13.6. The van der Waals surface area contributed by atoms with Gasteiger partial charge in [-0.1, -0.05) is 37.3 Å². The van der Waals surface area contributed by atoms with Crippen LogP contribution >= 0.6 is 11.3 Å². The summed E-state index contributed by atoms with van der Waals surface area (Å²) >= 11 is 1.46. The molecule has 33 heavy (non-hydrogen) atoms. The van der Waals surface area contributed by atoms with Gasteiger partial charge in [-0.05, 0) is 56.6 Å². The summed E-state index contributed by atoms with van der Waals surface area (Å²) in [6, 6.07) is 14.6. The van der Waals surface area contributed by atoms with Gasteiger partial charge in [-0.15, -0.1) is 11.3 Å². The fourth-order valence-electron chi connectivity index (χ4n) is 4.33. The van der Waals surface area contributed by atoms with Crippen LogP contribution in [0.25, 0.3) is 10.2 Å². The third kappa shape index (κ3) is 5.60. The van der Waals surface area contributed by atoms with Crippen molar-refractivity contribution in [1.82, 2.24) is 19.5 Å². The number of nitrogens with one attached hydrogen (secondary N) is 1. The first-order valence-electron chi connectivity index (χ1n) is 11.3. The third-order valence-corrected chi connectivity index (χ3v) is 8.79. The molecular formula is C24H30N4O3S2. The van der Waals surface area contributed by atoms with E-state index >= 15 is 0 Å². The molecule has 0 bridgehead atoms. The van der Waals surface area contributed by atoms with Gasteiger partial charge in [0.15, 0.2) is 0 Å². The smallest absolute Gasteiger partial charge is 0.243 e. The number of sulfonamides is 1. The monoisotopic (exact) mass is 486 g/mol. The second kappa shape index (κ2) is 10.3. The Labute approximate surface area is 199 Å². The Morgan fingerprint density at radius 1 is 1.24 bits per heavy atom. The molecule has 1 aromatic heterocycles. The van der Waals surface area contributed by atoms with Crippen molar-refractivity contribution in [2.75, 3.05) is 26.2 Å². The van der Waals surface area contributed by atoms with Crippen molar-refractivity contribution in [2.24, 2.45) is 0 Å². The summed E-state index contributed by atoms with van der Waals surface area (Å²) in [6.07, 6.45) is 2.18. The van der Waals surface area contributed by atoms with Crippen molar-refractivity contribution in [3.05, 3.63) is 59.1 Å². The fraction of sp³-hybridized carbons (Fsp3) is 0.417. The number of benzene rings is 2. The number of likely N-dealkylation sites (N-methyl/N-ethyl adjacent to an activating group) is 1. The number of rotatable bonds is 9. The lowest BCUT2D eigenvalue weighted by Gasteiger charge is -2.25. The molecule has 9 heteroatoms. The van der Waals surface area contributed by atoms with Gasteiger partial charge >= 0.3 is 0 Å². The van der Waals surface area contributed by atoms with Gasteiger partial charge in [-0.2, -0.15) is 4.31 Å². The first kappa shape index (κ1) is 23.8. The molecule has 1 N–H and O–H groups in total. The topological polar surface area (TPSA) is 82.6 Å². The molecule has 1 unspecified atom stereocenters. The van der Waals surface area contributed by atoms with E-state index in [4.69, 9.17) is 0 Å².